The van der Waals surface area contributed by atoms with Crippen LogP contribution in [0.25, 0.3) is 0 Å². The van der Waals surface area contributed by atoms with Gasteiger partial charge in [0.05, 0.1) is 6.61 Å². The second-order valence-corrected chi connectivity index (χ2v) is 4.25. The van der Waals surface area contributed by atoms with E-state index in [9.17, 15) is 4.89 Å². The van der Waals surface area contributed by atoms with Crippen LogP contribution in [0.15, 0.2) is 24.3 Å². The Hall–Kier alpha value is -0.630. The molecule has 1 unspecified atom stereocenters. The highest BCUT2D eigenvalue weighted by atomic mass is 31.2. The van der Waals surface area contributed by atoms with E-state index in [1.807, 2.05) is 31.2 Å². The lowest BCUT2D eigenvalue weighted by atomic mass is 10.2. The molecule has 0 aliphatic carbocycles. The van der Waals surface area contributed by atoms with Gasteiger partial charge >= 0.3 is 8.60 Å². The average Bonchev–Trinajstić information content (AvgIpc) is 2.22. The Morgan fingerprint density at radius 2 is 1.93 bits per heavy atom. The van der Waals surface area contributed by atoms with Crippen molar-refractivity contribution in [3.8, 4) is 5.75 Å². The monoisotopic (exact) mass is 228 g/mol. The maximum absolute atomic E-state index is 9.42. The number of hydrogen-bond acceptors (Lipinski definition) is 3. The summed E-state index contributed by atoms with van der Waals surface area (Å²) in [7, 11) is -1.78. The molecule has 0 aliphatic rings. The minimum Gasteiger partial charge on any atom is -0.427 e. The molecular formula is C11H17O3P. The summed E-state index contributed by atoms with van der Waals surface area (Å²) in [5.41, 5.74) is 1.16. The highest BCUT2D eigenvalue weighted by Gasteiger charge is 2.07. The lowest BCUT2D eigenvalue weighted by molar-refractivity contribution is 0.256. The number of aryl methyl sites for hydroxylation is 1. The molecule has 15 heavy (non-hydrogen) atoms. The summed E-state index contributed by atoms with van der Waals surface area (Å²) in [4.78, 5) is 9.42. The van der Waals surface area contributed by atoms with Crippen LogP contribution in [0.1, 0.15) is 25.3 Å². The molecule has 4 heteroatoms. The molecule has 1 rings (SSSR count). The van der Waals surface area contributed by atoms with E-state index in [1.165, 1.54) is 0 Å². The molecule has 1 N–H and O–H groups in total. The van der Waals surface area contributed by atoms with Crippen LogP contribution in [0.5, 0.6) is 5.75 Å². The van der Waals surface area contributed by atoms with Crippen LogP contribution in [0.2, 0.25) is 0 Å². The van der Waals surface area contributed by atoms with Gasteiger partial charge < -0.3 is 13.9 Å². The predicted octanol–water partition coefficient (Wildman–Crippen LogP) is 3.41. The van der Waals surface area contributed by atoms with Crippen LogP contribution in [0.4, 0.5) is 0 Å². The number of benzene rings is 1. The van der Waals surface area contributed by atoms with Crippen molar-refractivity contribution >= 4 is 8.60 Å². The standard InChI is InChI=1S/C11H17O3P/c1-3-4-9-13-15(12)14-11-7-5-10(2)6-8-11/h5-8,12H,3-4,9H2,1-2H3. The summed E-state index contributed by atoms with van der Waals surface area (Å²) in [5, 5.41) is 0. The molecule has 84 valence electrons. The van der Waals surface area contributed by atoms with Crippen molar-refractivity contribution in [2.45, 2.75) is 26.7 Å². The van der Waals surface area contributed by atoms with E-state index in [0.29, 0.717) is 12.4 Å². The third-order valence-electron chi connectivity index (χ3n) is 1.90. The summed E-state index contributed by atoms with van der Waals surface area (Å²) in [6.45, 7) is 4.62. The minimum absolute atomic E-state index is 0.546. The van der Waals surface area contributed by atoms with Crippen molar-refractivity contribution < 1.29 is 13.9 Å². The van der Waals surface area contributed by atoms with Gasteiger partial charge in [-0.25, -0.2) is 0 Å². The van der Waals surface area contributed by atoms with Crippen LogP contribution < -0.4 is 4.52 Å². The van der Waals surface area contributed by atoms with Gasteiger partial charge in [0.1, 0.15) is 5.75 Å². The largest absolute Gasteiger partial charge is 0.427 e. The summed E-state index contributed by atoms with van der Waals surface area (Å²) in [5.74, 6) is 0.644. The van der Waals surface area contributed by atoms with Crippen molar-refractivity contribution in [2.75, 3.05) is 6.61 Å². The van der Waals surface area contributed by atoms with E-state index < -0.39 is 8.60 Å². The van der Waals surface area contributed by atoms with Crippen molar-refractivity contribution in [1.29, 1.82) is 0 Å². The fourth-order valence-corrected chi connectivity index (χ4v) is 1.64. The SMILES string of the molecule is CCCCOP(O)Oc1ccc(C)cc1. The number of rotatable bonds is 6. The molecule has 0 radical (unpaired) electrons. The summed E-state index contributed by atoms with van der Waals surface area (Å²) < 4.78 is 10.3. The van der Waals surface area contributed by atoms with Crippen molar-refractivity contribution in [2.24, 2.45) is 0 Å². The van der Waals surface area contributed by atoms with E-state index in [2.05, 4.69) is 6.92 Å². The van der Waals surface area contributed by atoms with Crippen LogP contribution in [-0.4, -0.2) is 11.5 Å². The Morgan fingerprint density at radius 3 is 2.53 bits per heavy atom. The topological polar surface area (TPSA) is 38.7 Å². The smallest absolute Gasteiger partial charge is 0.394 e. The first-order valence-electron chi connectivity index (χ1n) is 5.09. The maximum Gasteiger partial charge on any atom is 0.394 e. The van der Waals surface area contributed by atoms with Gasteiger partial charge in [0.25, 0.3) is 0 Å². The van der Waals surface area contributed by atoms with Gasteiger partial charge in [0.15, 0.2) is 0 Å². The molecule has 0 fully saturated rings. The molecule has 1 aromatic rings. The van der Waals surface area contributed by atoms with Crippen molar-refractivity contribution in [3.63, 3.8) is 0 Å². The fraction of sp³-hybridized carbons (Fsp3) is 0.455. The van der Waals surface area contributed by atoms with E-state index in [0.717, 1.165) is 18.4 Å². The molecule has 1 aromatic carbocycles. The van der Waals surface area contributed by atoms with Gasteiger partial charge in [-0.1, -0.05) is 31.0 Å². The molecule has 0 aliphatic heterocycles. The normalized spacial score (nSPS) is 12.5. The second kappa shape index (κ2) is 6.78. The Balaban J connectivity index is 2.31. The van der Waals surface area contributed by atoms with Gasteiger partial charge in [-0.05, 0) is 25.5 Å². The Kier molecular flexibility index (Phi) is 5.62. The van der Waals surface area contributed by atoms with Gasteiger partial charge in [0.2, 0.25) is 0 Å². The molecule has 0 aromatic heterocycles. The predicted molar refractivity (Wildman–Crippen MR) is 61.8 cm³/mol. The third kappa shape index (κ3) is 5.12. The molecule has 0 saturated heterocycles. The Bertz CT molecular complexity index is 274. The van der Waals surface area contributed by atoms with E-state index in [4.69, 9.17) is 9.05 Å². The van der Waals surface area contributed by atoms with Crippen molar-refractivity contribution in [1.82, 2.24) is 0 Å². The quantitative estimate of drug-likeness (QED) is 0.599. The van der Waals surface area contributed by atoms with Gasteiger partial charge in [-0.2, -0.15) is 0 Å². The van der Waals surface area contributed by atoms with Gasteiger partial charge in [-0.3, -0.25) is 0 Å². The molecule has 3 nitrogen and oxygen atoms in total. The summed E-state index contributed by atoms with van der Waals surface area (Å²) >= 11 is 0. The highest BCUT2D eigenvalue weighted by molar-refractivity contribution is 7.41. The zero-order valence-corrected chi connectivity index (χ0v) is 10.0. The minimum atomic E-state index is -1.78. The van der Waals surface area contributed by atoms with E-state index in [1.54, 1.807) is 0 Å². The van der Waals surface area contributed by atoms with Crippen molar-refractivity contribution in [3.05, 3.63) is 29.8 Å². The molecule has 0 amide bonds. The zero-order valence-electron chi connectivity index (χ0n) is 9.14. The van der Waals surface area contributed by atoms with Crippen LogP contribution in [0.3, 0.4) is 0 Å². The summed E-state index contributed by atoms with van der Waals surface area (Å²) in [6, 6.07) is 7.52. The van der Waals surface area contributed by atoms with Crippen LogP contribution in [0, 0.1) is 6.92 Å². The number of unbranched alkanes of at least 4 members (excludes halogenated alkanes) is 1. The van der Waals surface area contributed by atoms with Gasteiger partial charge in [-0.15, -0.1) is 0 Å². The maximum atomic E-state index is 9.42. The zero-order chi connectivity index (χ0) is 11.1. The first kappa shape index (κ1) is 12.4. The molecular weight excluding hydrogens is 211 g/mol. The van der Waals surface area contributed by atoms with Crippen LogP contribution in [-0.2, 0) is 4.52 Å². The second-order valence-electron chi connectivity index (χ2n) is 3.33. The lowest BCUT2D eigenvalue weighted by Crippen LogP contribution is -1.94. The summed E-state index contributed by atoms with van der Waals surface area (Å²) in [6.07, 6.45) is 1.99. The van der Waals surface area contributed by atoms with Crippen LogP contribution >= 0.6 is 8.60 Å². The first-order valence-corrected chi connectivity index (χ1v) is 6.22. The molecule has 0 saturated carbocycles. The lowest BCUT2D eigenvalue weighted by Gasteiger charge is -2.11. The fourth-order valence-electron chi connectivity index (χ4n) is 1.00. The Labute approximate surface area is 92.0 Å². The molecule has 0 bridgehead atoms. The molecule has 0 spiro atoms. The van der Waals surface area contributed by atoms with E-state index in [-0.39, 0.29) is 0 Å². The third-order valence-corrected chi connectivity index (χ3v) is 2.67. The highest BCUT2D eigenvalue weighted by Crippen LogP contribution is 2.34. The molecule has 0 heterocycles. The van der Waals surface area contributed by atoms with Gasteiger partial charge in [0, 0.05) is 0 Å². The first-order chi connectivity index (χ1) is 7.22. The number of hydrogen-bond donors (Lipinski definition) is 1. The average molecular weight is 228 g/mol. The Morgan fingerprint density at radius 1 is 1.27 bits per heavy atom. The van der Waals surface area contributed by atoms with E-state index >= 15 is 0 Å². The molecule has 1 atom stereocenters.